The molecule has 5 nitrogen and oxygen atoms in total. The summed E-state index contributed by atoms with van der Waals surface area (Å²) in [6.07, 6.45) is 16.6. The van der Waals surface area contributed by atoms with E-state index in [-0.39, 0.29) is 0 Å². The van der Waals surface area contributed by atoms with Gasteiger partial charge in [0.05, 0.1) is 16.8 Å². The van der Waals surface area contributed by atoms with Gasteiger partial charge in [-0.15, -0.1) is 0 Å². The minimum Gasteiger partial charge on any atom is -0.486 e. The molecule has 0 radical (unpaired) electrons. The Morgan fingerprint density at radius 3 is 2.53 bits per heavy atom. The molecule has 182 valence electrons. The average Bonchev–Trinajstić information content (AvgIpc) is 3.25. The summed E-state index contributed by atoms with van der Waals surface area (Å²) in [5.74, 6) is 2.50. The van der Waals surface area contributed by atoms with E-state index < -0.39 is 0 Å². The highest BCUT2D eigenvalue weighted by Crippen LogP contribution is 2.31. The third-order valence-electron chi connectivity index (χ3n) is 7.29. The lowest BCUT2D eigenvalue weighted by Gasteiger charge is -2.37. The minimum absolute atomic E-state index is 0.392. The largest absolute Gasteiger partial charge is 0.486 e. The van der Waals surface area contributed by atoms with Crippen LogP contribution in [0.1, 0.15) is 31.4 Å². The second-order valence-corrected chi connectivity index (χ2v) is 10.6. The average molecular weight is 502 g/mol. The van der Waals surface area contributed by atoms with E-state index in [0.29, 0.717) is 46.3 Å². The molecule has 1 aromatic carbocycles. The van der Waals surface area contributed by atoms with Gasteiger partial charge in [-0.25, -0.2) is 0 Å². The zero-order valence-electron chi connectivity index (χ0n) is 19.5. The Morgan fingerprint density at radius 2 is 1.79 bits per heavy atom. The molecular weight excluding hydrogens is 469 g/mol. The van der Waals surface area contributed by atoms with Gasteiger partial charge in [-0.3, -0.25) is 4.68 Å². The second kappa shape index (κ2) is 11.3. The van der Waals surface area contributed by atoms with Crippen LogP contribution >= 0.6 is 23.2 Å². The Labute approximate surface area is 212 Å². The highest BCUT2D eigenvalue weighted by Gasteiger charge is 2.29. The summed E-state index contributed by atoms with van der Waals surface area (Å²) in [6, 6.07) is 7.28. The molecular formula is C27H33Cl2N3O2. The van der Waals surface area contributed by atoms with Crippen LogP contribution in [0.4, 0.5) is 0 Å². The third-order valence-corrected chi connectivity index (χ3v) is 7.82. The fourth-order valence-corrected chi connectivity index (χ4v) is 5.63. The standard InChI is InChI=1S/C27H33Cl2N3O2/c28-23-5-6-27(26(29)16-23)34-19-24-9-13-32(30-24)17-20-7-11-31(12-8-20)18-22-4-2-1-3-21(22)15-25-10-14-33-25/h1-6,9,13,16,20-22,25H,7-8,10-12,14-15,17-19H2. The lowest BCUT2D eigenvalue weighted by molar-refractivity contribution is -0.0629. The molecule has 2 aliphatic heterocycles. The zero-order valence-corrected chi connectivity index (χ0v) is 21.0. The highest BCUT2D eigenvalue weighted by atomic mass is 35.5. The molecule has 0 amide bonds. The summed E-state index contributed by atoms with van der Waals surface area (Å²) in [7, 11) is 0. The van der Waals surface area contributed by atoms with E-state index in [9.17, 15) is 0 Å². The Hall–Kier alpha value is -1.79. The fraction of sp³-hybridized carbons (Fsp3) is 0.519. The number of ether oxygens (including phenoxy) is 2. The third kappa shape index (κ3) is 6.25. The normalized spacial score (nSPS) is 25.4. The number of allylic oxidation sites excluding steroid dienone is 3. The molecule has 1 aliphatic carbocycles. The van der Waals surface area contributed by atoms with E-state index in [1.54, 1.807) is 18.2 Å². The maximum atomic E-state index is 6.19. The Bertz CT molecular complexity index is 1010. The molecule has 3 aliphatic rings. The summed E-state index contributed by atoms with van der Waals surface area (Å²) < 4.78 is 13.6. The lowest BCUT2D eigenvalue weighted by atomic mass is 9.82. The van der Waals surface area contributed by atoms with Crippen molar-refractivity contribution in [2.45, 2.75) is 44.9 Å². The van der Waals surface area contributed by atoms with Crippen molar-refractivity contribution in [3.63, 3.8) is 0 Å². The highest BCUT2D eigenvalue weighted by molar-refractivity contribution is 6.35. The second-order valence-electron chi connectivity index (χ2n) is 9.75. The fourth-order valence-electron chi connectivity index (χ4n) is 5.16. The van der Waals surface area contributed by atoms with Crippen LogP contribution in [0, 0.1) is 17.8 Å². The summed E-state index contributed by atoms with van der Waals surface area (Å²) in [5, 5.41) is 5.83. The first-order valence-corrected chi connectivity index (χ1v) is 13.2. The van der Waals surface area contributed by atoms with Gasteiger partial charge < -0.3 is 14.4 Å². The van der Waals surface area contributed by atoms with Gasteiger partial charge in [-0.2, -0.15) is 5.10 Å². The summed E-state index contributed by atoms with van der Waals surface area (Å²) in [6.45, 7) is 5.78. The van der Waals surface area contributed by atoms with Crippen LogP contribution in [-0.2, 0) is 17.9 Å². The predicted molar refractivity (Wildman–Crippen MR) is 136 cm³/mol. The number of likely N-dealkylation sites (tertiary alicyclic amines) is 1. The summed E-state index contributed by atoms with van der Waals surface area (Å²) in [5.41, 5.74) is 0.905. The van der Waals surface area contributed by atoms with Gasteiger partial charge in [0.1, 0.15) is 12.4 Å². The Morgan fingerprint density at radius 1 is 1.00 bits per heavy atom. The van der Waals surface area contributed by atoms with E-state index in [2.05, 4.69) is 40.1 Å². The number of rotatable bonds is 9. The smallest absolute Gasteiger partial charge is 0.138 e. The number of hydrogen-bond donors (Lipinski definition) is 0. The molecule has 2 aromatic rings. The van der Waals surface area contributed by atoms with Crippen molar-refractivity contribution in [1.29, 1.82) is 0 Å². The molecule has 3 atom stereocenters. The molecule has 2 saturated heterocycles. The topological polar surface area (TPSA) is 39.5 Å². The van der Waals surface area contributed by atoms with Gasteiger partial charge in [0.25, 0.3) is 0 Å². The molecule has 5 rings (SSSR count). The molecule has 1 aromatic heterocycles. The van der Waals surface area contributed by atoms with Crippen molar-refractivity contribution in [2.75, 3.05) is 26.2 Å². The van der Waals surface area contributed by atoms with Gasteiger partial charge in [0.2, 0.25) is 0 Å². The SMILES string of the molecule is Clc1ccc(OCc2ccn(CC3CCN(CC4C=CC=CC4CC4CCO4)CC3)n2)c(Cl)c1. The number of aromatic nitrogens is 2. The maximum Gasteiger partial charge on any atom is 0.138 e. The number of hydrogen-bond acceptors (Lipinski definition) is 4. The van der Waals surface area contributed by atoms with E-state index in [0.717, 1.165) is 44.9 Å². The molecule has 7 heteroatoms. The minimum atomic E-state index is 0.392. The van der Waals surface area contributed by atoms with Gasteiger partial charge in [0, 0.05) is 30.9 Å². The van der Waals surface area contributed by atoms with Crippen molar-refractivity contribution >= 4 is 23.2 Å². The van der Waals surface area contributed by atoms with Crippen molar-refractivity contribution in [3.8, 4) is 5.75 Å². The number of nitrogens with zero attached hydrogens (tertiary/aromatic N) is 3. The number of halogens is 2. The van der Waals surface area contributed by atoms with Crippen LogP contribution in [0.25, 0.3) is 0 Å². The summed E-state index contributed by atoms with van der Waals surface area (Å²) >= 11 is 12.1. The molecule has 0 saturated carbocycles. The quantitative estimate of drug-likeness (QED) is 0.421. The van der Waals surface area contributed by atoms with Crippen LogP contribution in [0.5, 0.6) is 5.75 Å². The van der Waals surface area contributed by atoms with E-state index in [1.165, 1.54) is 19.3 Å². The summed E-state index contributed by atoms with van der Waals surface area (Å²) in [4.78, 5) is 2.65. The first-order chi connectivity index (χ1) is 16.6. The molecule has 0 bridgehead atoms. The Kier molecular flexibility index (Phi) is 7.95. The first kappa shape index (κ1) is 23.9. The van der Waals surface area contributed by atoms with Crippen LogP contribution in [-0.4, -0.2) is 47.0 Å². The molecule has 34 heavy (non-hydrogen) atoms. The first-order valence-electron chi connectivity index (χ1n) is 12.4. The van der Waals surface area contributed by atoms with Crippen LogP contribution in [0.2, 0.25) is 10.0 Å². The van der Waals surface area contributed by atoms with E-state index in [1.807, 2.05) is 6.07 Å². The molecule has 3 unspecified atom stereocenters. The monoisotopic (exact) mass is 501 g/mol. The van der Waals surface area contributed by atoms with Crippen molar-refractivity contribution in [3.05, 3.63) is 70.5 Å². The lowest BCUT2D eigenvalue weighted by Crippen LogP contribution is -2.40. The van der Waals surface area contributed by atoms with Gasteiger partial charge in [0.15, 0.2) is 0 Å². The predicted octanol–water partition coefficient (Wildman–Crippen LogP) is 6.02. The zero-order chi connectivity index (χ0) is 23.3. The van der Waals surface area contributed by atoms with E-state index >= 15 is 0 Å². The molecule has 2 fully saturated rings. The molecule has 0 spiro atoms. The van der Waals surface area contributed by atoms with E-state index in [4.69, 9.17) is 37.8 Å². The van der Waals surface area contributed by atoms with Crippen LogP contribution < -0.4 is 4.74 Å². The molecule has 3 heterocycles. The van der Waals surface area contributed by atoms with Crippen LogP contribution in [0.3, 0.4) is 0 Å². The number of piperidine rings is 1. The number of benzene rings is 1. The van der Waals surface area contributed by atoms with Gasteiger partial charge in [-0.05, 0) is 80.8 Å². The van der Waals surface area contributed by atoms with Crippen LogP contribution in [0.15, 0.2) is 54.8 Å². The van der Waals surface area contributed by atoms with Crippen molar-refractivity contribution < 1.29 is 9.47 Å². The Balaban J connectivity index is 1.05. The van der Waals surface area contributed by atoms with Gasteiger partial charge in [-0.1, -0.05) is 47.5 Å². The maximum absolute atomic E-state index is 6.19. The molecule has 0 N–H and O–H groups in total. The van der Waals surface area contributed by atoms with Gasteiger partial charge >= 0.3 is 0 Å². The van der Waals surface area contributed by atoms with Crippen molar-refractivity contribution in [2.24, 2.45) is 17.8 Å². The van der Waals surface area contributed by atoms with Crippen molar-refractivity contribution in [1.82, 2.24) is 14.7 Å².